The summed E-state index contributed by atoms with van der Waals surface area (Å²) in [5, 5.41) is 22.4. The lowest BCUT2D eigenvalue weighted by molar-refractivity contribution is -0.119. The van der Waals surface area contributed by atoms with Crippen LogP contribution in [0.15, 0.2) is 81.6 Å². The topological polar surface area (TPSA) is 125 Å². The van der Waals surface area contributed by atoms with E-state index in [9.17, 15) is 14.9 Å². The van der Waals surface area contributed by atoms with Gasteiger partial charge in [-0.1, -0.05) is 97.1 Å². The van der Waals surface area contributed by atoms with Gasteiger partial charge < -0.3 is 11.1 Å². The number of nitrogens with zero attached hydrogens (tertiary/aromatic N) is 4. The predicted octanol–water partition coefficient (Wildman–Crippen LogP) is 5.24. The molecule has 0 radical (unpaired) electrons. The van der Waals surface area contributed by atoms with Gasteiger partial charge in [0.15, 0.2) is 10.1 Å². The zero-order valence-electron chi connectivity index (χ0n) is 23.3. The SMILES string of the molecule is Cc1cccc(C2C(C#N)=C(N)N(c3nnc(SCC(=O)NCCc4ccccc4)s3)C3=C2C(=O)CC(C)(C)C3)c1. The molecule has 2 aliphatic rings. The number of nitrogens with two attached hydrogens (primary N) is 1. The van der Waals surface area contributed by atoms with Crippen LogP contribution in [0.25, 0.3) is 0 Å². The number of ketones is 1. The molecule has 3 N–H and O–H groups in total. The van der Waals surface area contributed by atoms with E-state index in [0.29, 0.717) is 40.0 Å². The molecular weight excluding hydrogens is 553 g/mol. The second-order valence-electron chi connectivity index (χ2n) is 11.1. The first-order valence-corrected chi connectivity index (χ1v) is 15.3. The number of aryl methyl sites for hydroxylation is 1. The van der Waals surface area contributed by atoms with Gasteiger partial charge in [-0.25, -0.2) is 0 Å². The van der Waals surface area contributed by atoms with Crippen molar-refractivity contribution in [3.63, 3.8) is 0 Å². The van der Waals surface area contributed by atoms with Crippen molar-refractivity contribution in [1.29, 1.82) is 5.26 Å². The maximum atomic E-state index is 13.7. The van der Waals surface area contributed by atoms with Crippen LogP contribution in [0.3, 0.4) is 0 Å². The molecule has 0 saturated carbocycles. The van der Waals surface area contributed by atoms with Gasteiger partial charge in [0.2, 0.25) is 11.0 Å². The monoisotopic (exact) mass is 584 g/mol. The number of thioether (sulfide) groups is 1. The molecule has 1 unspecified atom stereocenters. The number of allylic oxidation sites excluding steroid dienone is 3. The second kappa shape index (κ2) is 11.9. The van der Waals surface area contributed by atoms with Gasteiger partial charge >= 0.3 is 0 Å². The van der Waals surface area contributed by atoms with E-state index < -0.39 is 5.92 Å². The van der Waals surface area contributed by atoms with Crippen molar-refractivity contribution < 1.29 is 9.59 Å². The van der Waals surface area contributed by atoms with Gasteiger partial charge in [0.05, 0.1) is 23.3 Å². The minimum Gasteiger partial charge on any atom is -0.384 e. The van der Waals surface area contributed by atoms with Crippen molar-refractivity contribution in [2.45, 2.75) is 50.3 Å². The van der Waals surface area contributed by atoms with Gasteiger partial charge in [-0.15, -0.1) is 10.2 Å². The Bertz CT molecular complexity index is 1590. The molecule has 2 aromatic carbocycles. The van der Waals surface area contributed by atoms with Crippen molar-refractivity contribution in [2.24, 2.45) is 11.1 Å². The van der Waals surface area contributed by atoms with Gasteiger partial charge in [0.25, 0.3) is 0 Å². The van der Waals surface area contributed by atoms with Gasteiger partial charge in [0, 0.05) is 24.2 Å². The molecule has 1 amide bonds. The molecule has 1 aliphatic carbocycles. The molecule has 2 heterocycles. The molecule has 3 aromatic rings. The van der Waals surface area contributed by atoms with E-state index in [1.807, 2.05) is 61.5 Å². The molecule has 1 aromatic heterocycles. The number of rotatable bonds is 8. The van der Waals surface area contributed by atoms with E-state index >= 15 is 0 Å². The molecule has 10 heteroatoms. The van der Waals surface area contributed by atoms with Crippen molar-refractivity contribution >= 4 is 39.9 Å². The van der Waals surface area contributed by atoms with Crippen LogP contribution in [0.2, 0.25) is 0 Å². The third kappa shape index (κ3) is 6.21. The number of Topliss-reactive ketones (excluding diaryl/α,β-unsaturated/α-hetero) is 1. The first kappa shape index (κ1) is 28.6. The maximum Gasteiger partial charge on any atom is 0.230 e. The van der Waals surface area contributed by atoms with Crippen LogP contribution < -0.4 is 16.0 Å². The predicted molar refractivity (Wildman–Crippen MR) is 162 cm³/mol. The molecular formula is C31H32N6O2S2. The number of hydrogen-bond donors (Lipinski definition) is 2. The highest BCUT2D eigenvalue weighted by Gasteiger charge is 2.45. The van der Waals surface area contributed by atoms with Crippen LogP contribution in [0.4, 0.5) is 5.13 Å². The van der Waals surface area contributed by atoms with E-state index in [-0.39, 0.29) is 28.7 Å². The smallest absolute Gasteiger partial charge is 0.230 e. The zero-order chi connectivity index (χ0) is 29.1. The Morgan fingerprint density at radius 2 is 1.98 bits per heavy atom. The van der Waals surface area contributed by atoms with Crippen LogP contribution in [-0.4, -0.2) is 34.2 Å². The van der Waals surface area contributed by atoms with Crippen molar-refractivity contribution in [3.8, 4) is 6.07 Å². The number of aromatic nitrogens is 2. The molecule has 1 aliphatic heterocycles. The highest BCUT2D eigenvalue weighted by molar-refractivity contribution is 8.01. The Labute approximate surface area is 248 Å². The van der Waals surface area contributed by atoms with E-state index in [0.717, 1.165) is 23.2 Å². The van der Waals surface area contributed by atoms with E-state index in [4.69, 9.17) is 5.73 Å². The van der Waals surface area contributed by atoms with Gasteiger partial charge in [-0.05, 0) is 36.3 Å². The highest BCUT2D eigenvalue weighted by Crippen LogP contribution is 2.50. The summed E-state index contributed by atoms with van der Waals surface area (Å²) in [6.07, 6.45) is 1.75. The first-order chi connectivity index (χ1) is 19.7. The molecule has 41 heavy (non-hydrogen) atoms. The summed E-state index contributed by atoms with van der Waals surface area (Å²) in [4.78, 5) is 27.9. The number of hydrogen-bond acceptors (Lipinski definition) is 9. The third-order valence-electron chi connectivity index (χ3n) is 7.25. The van der Waals surface area contributed by atoms with Gasteiger partial charge in [-0.3, -0.25) is 14.5 Å². The normalized spacial score (nSPS) is 18.2. The summed E-state index contributed by atoms with van der Waals surface area (Å²) >= 11 is 2.59. The standard InChI is InChI=1S/C31H32N6O2S2/c1-19-8-7-11-21(14-19)26-22(17-32)28(33)37(23-15-31(2,3)16-24(38)27(23)26)29-35-36-30(41-29)40-18-25(39)34-13-12-20-9-5-4-6-10-20/h4-11,14,26H,12-13,15-16,18,33H2,1-3H3,(H,34,39). The zero-order valence-corrected chi connectivity index (χ0v) is 24.9. The number of carbonyl (C=O) groups is 2. The average molecular weight is 585 g/mol. The quantitative estimate of drug-likeness (QED) is 0.345. The minimum absolute atomic E-state index is 0.0132. The second-order valence-corrected chi connectivity index (χ2v) is 13.3. The Morgan fingerprint density at radius 3 is 2.71 bits per heavy atom. The number of benzene rings is 2. The largest absolute Gasteiger partial charge is 0.384 e. The molecule has 1 atom stereocenters. The first-order valence-electron chi connectivity index (χ1n) is 13.5. The summed E-state index contributed by atoms with van der Waals surface area (Å²) in [5.41, 5.74) is 11.2. The molecule has 5 rings (SSSR count). The number of anilines is 1. The Hall–Kier alpha value is -3.94. The van der Waals surface area contributed by atoms with Crippen LogP contribution in [0.5, 0.6) is 0 Å². The Kier molecular flexibility index (Phi) is 8.29. The fraction of sp³-hybridized carbons (Fsp3) is 0.323. The molecule has 0 bridgehead atoms. The molecule has 8 nitrogen and oxygen atoms in total. The Balaban J connectivity index is 1.39. The molecule has 0 saturated heterocycles. The van der Waals surface area contributed by atoms with Crippen molar-refractivity contribution in [1.82, 2.24) is 15.5 Å². The summed E-state index contributed by atoms with van der Waals surface area (Å²) in [7, 11) is 0. The fourth-order valence-corrected chi connectivity index (χ4v) is 7.14. The lowest BCUT2D eigenvalue weighted by atomic mass is 9.68. The van der Waals surface area contributed by atoms with E-state index in [2.05, 4.69) is 35.4 Å². The highest BCUT2D eigenvalue weighted by atomic mass is 32.2. The fourth-order valence-electron chi connectivity index (χ4n) is 5.43. The van der Waals surface area contributed by atoms with Crippen LogP contribution in [0, 0.1) is 23.7 Å². The molecule has 210 valence electrons. The molecule has 0 spiro atoms. The van der Waals surface area contributed by atoms with Gasteiger partial charge in [0.1, 0.15) is 5.82 Å². The number of nitrogens with one attached hydrogen (secondary N) is 1. The number of nitriles is 1. The Morgan fingerprint density at radius 1 is 1.20 bits per heavy atom. The minimum atomic E-state index is -0.531. The lowest BCUT2D eigenvalue weighted by Crippen LogP contribution is -2.42. The van der Waals surface area contributed by atoms with E-state index in [1.165, 1.54) is 28.7 Å². The van der Waals surface area contributed by atoms with E-state index in [1.54, 1.807) is 4.90 Å². The third-order valence-corrected chi connectivity index (χ3v) is 9.29. The number of carbonyl (C=O) groups excluding carboxylic acids is 2. The molecule has 0 fully saturated rings. The van der Waals surface area contributed by atoms with Gasteiger partial charge in [-0.2, -0.15) is 5.26 Å². The van der Waals surface area contributed by atoms with Crippen LogP contribution in [-0.2, 0) is 16.0 Å². The van der Waals surface area contributed by atoms with Crippen molar-refractivity contribution in [3.05, 3.63) is 94.0 Å². The van der Waals surface area contributed by atoms with Crippen LogP contribution >= 0.6 is 23.1 Å². The maximum absolute atomic E-state index is 13.7. The summed E-state index contributed by atoms with van der Waals surface area (Å²) in [6.45, 7) is 6.67. The summed E-state index contributed by atoms with van der Waals surface area (Å²) < 4.78 is 0.605. The van der Waals surface area contributed by atoms with Crippen molar-refractivity contribution in [2.75, 3.05) is 17.2 Å². The lowest BCUT2D eigenvalue weighted by Gasteiger charge is -2.42. The summed E-state index contributed by atoms with van der Waals surface area (Å²) in [5.74, 6) is -0.143. The summed E-state index contributed by atoms with van der Waals surface area (Å²) in [6, 6.07) is 20.2. The van der Waals surface area contributed by atoms with Crippen LogP contribution in [0.1, 0.15) is 49.3 Å². The number of amides is 1. The average Bonchev–Trinajstić information content (AvgIpc) is 3.39.